The van der Waals surface area contributed by atoms with E-state index < -0.39 is 21.2 Å². The van der Waals surface area contributed by atoms with Crippen molar-refractivity contribution in [2.75, 3.05) is 4.72 Å². The lowest BCUT2D eigenvalue weighted by Crippen LogP contribution is -2.32. The summed E-state index contributed by atoms with van der Waals surface area (Å²) in [6.07, 6.45) is 1.62. The number of anilines is 1. The van der Waals surface area contributed by atoms with Crippen LogP contribution in [0.1, 0.15) is 12.5 Å². The van der Waals surface area contributed by atoms with Crippen molar-refractivity contribution in [3.8, 4) is 0 Å². The number of benzene rings is 1. The van der Waals surface area contributed by atoms with Gasteiger partial charge < -0.3 is 5.11 Å². The van der Waals surface area contributed by atoms with E-state index in [1.54, 1.807) is 30.5 Å². The van der Waals surface area contributed by atoms with E-state index in [0.29, 0.717) is 16.6 Å². The van der Waals surface area contributed by atoms with Gasteiger partial charge >= 0.3 is 5.97 Å². The lowest BCUT2D eigenvalue weighted by molar-refractivity contribution is -0.136. The van der Waals surface area contributed by atoms with Gasteiger partial charge in [-0.15, -0.1) is 0 Å². The number of hydrogen-bond donors (Lipinski definition) is 2. The molecule has 1 unspecified atom stereocenters. The van der Waals surface area contributed by atoms with Gasteiger partial charge in [0, 0.05) is 11.6 Å². The zero-order valence-corrected chi connectivity index (χ0v) is 11.8. The maximum atomic E-state index is 12.0. The number of hydrogen-bond acceptors (Lipinski definition) is 4. The summed E-state index contributed by atoms with van der Waals surface area (Å²) in [7, 11) is -3.99. The summed E-state index contributed by atoms with van der Waals surface area (Å²) in [5.41, 5.74) is 1.91. The molecular weight excluding hydrogens is 280 g/mol. The molecule has 0 bridgehead atoms. The Morgan fingerprint density at radius 2 is 2.05 bits per heavy atom. The number of carboxylic acid groups (broad SMARTS) is 1. The van der Waals surface area contributed by atoms with Crippen LogP contribution in [0.2, 0.25) is 0 Å². The Labute approximate surface area is 116 Å². The lowest BCUT2D eigenvalue weighted by atomic mass is 10.1. The molecule has 6 nitrogen and oxygen atoms in total. The van der Waals surface area contributed by atoms with Crippen molar-refractivity contribution >= 4 is 32.6 Å². The molecule has 1 heterocycles. The number of fused-ring (bicyclic) bond motifs is 1. The second-order valence-electron chi connectivity index (χ2n) is 4.46. The number of carbonyl (C=O) groups is 1. The molecule has 0 spiro atoms. The summed E-state index contributed by atoms with van der Waals surface area (Å²) in [5.74, 6) is -1.40. The van der Waals surface area contributed by atoms with Crippen LogP contribution in [-0.2, 0) is 14.8 Å². The first-order valence-corrected chi connectivity index (χ1v) is 7.46. The Bertz CT molecular complexity index is 771. The number of sulfonamides is 1. The third kappa shape index (κ3) is 2.57. The van der Waals surface area contributed by atoms with E-state index in [0.717, 1.165) is 12.5 Å². The van der Waals surface area contributed by atoms with Crippen LogP contribution < -0.4 is 4.72 Å². The zero-order valence-electron chi connectivity index (χ0n) is 11.0. The Hall–Kier alpha value is -2.15. The van der Waals surface area contributed by atoms with Crippen LogP contribution in [0.25, 0.3) is 10.9 Å². The highest BCUT2D eigenvalue weighted by Crippen LogP contribution is 2.25. The summed E-state index contributed by atoms with van der Waals surface area (Å²) in [6, 6.07) is 6.77. The van der Waals surface area contributed by atoms with Crippen molar-refractivity contribution in [2.45, 2.75) is 19.1 Å². The van der Waals surface area contributed by atoms with Crippen LogP contribution in [0.4, 0.5) is 5.69 Å². The zero-order chi connectivity index (χ0) is 14.9. The van der Waals surface area contributed by atoms with Gasteiger partial charge in [0.2, 0.25) is 10.0 Å². The van der Waals surface area contributed by atoms with Gasteiger partial charge in [-0.3, -0.25) is 14.5 Å². The predicted octanol–water partition coefficient (Wildman–Crippen LogP) is 1.76. The van der Waals surface area contributed by atoms with E-state index in [1.807, 2.05) is 6.92 Å². The molecule has 2 N–H and O–H groups in total. The average molecular weight is 294 g/mol. The molecule has 0 saturated heterocycles. The molecule has 0 radical (unpaired) electrons. The minimum absolute atomic E-state index is 0.326. The van der Waals surface area contributed by atoms with E-state index in [-0.39, 0.29) is 0 Å². The summed E-state index contributed by atoms with van der Waals surface area (Å²) >= 11 is 0. The summed E-state index contributed by atoms with van der Waals surface area (Å²) in [6.45, 7) is 2.99. The molecule has 7 heteroatoms. The number of aryl methyl sites for hydroxylation is 1. The van der Waals surface area contributed by atoms with E-state index in [2.05, 4.69) is 9.71 Å². The number of aliphatic carboxylic acids is 1. The highest BCUT2D eigenvalue weighted by Gasteiger charge is 2.28. The van der Waals surface area contributed by atoms with E-state index in [1.165, 1.54) is 0 Å². The number of rotatable bonds is 4. The van der Waals surface area contributed by atoms with Crippen molar-refractivity contribution in [1.82, 2.24) is 4.98 Å². The molecule has 20 heavy (non-hydrogen) atoms. The van der Waals surface area contributed by atoms with Gasteiger partial charge in [-0.05, 0) is 37.6 Å². The summed E-state index contributed by atoms with van der Waals surface area (Å²) in [4.78, 5) is 15.0. The third-order valence-electron chi connectivity index (χ3n) is 3.04. The fraction of sp³-hybridized carbons (Fsp3) is 0.231. The molecule has 0 amide bonds. The second-order valence-corrected chi connectivity index (χ2v) is 6.46. The summed E-state index contributed by atoms with van der Waals surface area (Å²) in [5, 5.41) is 7.92. The smallest absolute Gasteiger partial charge is 0.323 e. The number of pyridine rings is 1. The highest BCUT2D eigenvalue weighted by atomic mass is 32.2. The van der Waals surface area contributed by atoms with Crippen LogP contribution >= 0.6 is 0 Å². The first kappa shape index (κ1) is 14.3. The van der Waals surface area contributed by atoms with Crippen molar-refractivity contribution in [2.24, 2.45) is 0 Å². The Balaban J connectivity index is 2.51. The molecular formula is C13H14N2O4S. The van der Waals surface area contributed by atoms with E-state index in [9.17, 15) is 13.2 Å². The van der Waals surface area contributed by atoms with Crippen molar-refractivity contribution in [3.63, 3.8) is 0 Å². The molecule has 1 atom stereocenters. The first-order chi connectivity index (χ1) is 9.33. The van der Waals surface area contributed by atoms with Crippen LogP contribution in [0.5, 0.6) is 0 Å². The Morgan fingerprint density at radius 3 is 2.70 bits per heavy atom. The fourth-order valence-electron chi connectivity index (χ4n) is 1.78. The van der Waals surface area contributed by atoms with Crippen LogP contribution in [0.3, 0.4) is 0 Å². The molecule has 0 fully saturated rings. The molecule has 106 valence electrons. The highest BCUT2D eigenvalue weighted by molar-refractivity contribution is 7.94. The Kier molecular flexibility index (Phi) is 3.63. The molecule has 0 aliphatic carbocycles. The van der Waals surface area contributed by atoms with Gasteiger partial charge in [-0.25, -0.2) is 8.42 Å². The standard InChI is InChI=1S/C13H14N2O4S/c1-8-5-6-11(10-4-3-7-14-12(8)10)15-20(18,19)9(2)13(16)17/h3-7,9,15H,1-2H3,(H,16,17). The number of nitrogens with one attached hydrogen (secondary N) is 1. The second kappa shape index (κ2) is 5.09. The first-order valence-electron chi connectivity index (χ1n) is 5.91. The van der Waals surface area contributed by atoms with E-state index >= 15 is 0 Å². The van der Waals surface area contributed by atoms with Gasteiger partial charge in [0.25, 0.3) is 0 Å². The number of carboxylic acids is 1. The van der Waals surface area contributed by atoms with Crippen LogP contribution in [0.15, 0.2) is 30.5 Å². The fourth-order valence-corrected chi connectivity index (χ4v) is 2.70. The van der Waals surface area contributed by atoms with Gasteiger partial charge in [-0.1, -0.05) is 6.07 Å². The molecule has 0 aliphatic heterocycles. The van der Waals surface area contributed by atoms with Gasteiger partial charge in [0.1, 0.15) is 0 Å². The molecule has 1 aromatic heterocycles. The van der Waals surface area contributed by atoms with Gasteiger partial charge in [-0.2, -0.15) is 0 Å². The molecule has 2 aromatic rings. The van der Waals surface area contributed by atoms with Crippen molar-refractivity contribution in [1.29, 1.82) is 0 Å². The molecule has 1 aromatic carbocycles. The SMILES string of the molecule is Cc1ccc(NS(=O)(=O)C(C)C(=O)O)c2cccnc12. The molecule has 0 aliphatic rings. The van der Waals surface area contributed by atoms with Crippen LogP contribution in [0, 0.1) is 6.92 Å². The minimum Gasteiger partial charge on any atom is -0.480 e. The summed E-state index contributed by atoms with van der Waals surface area (Å²) < 4.78 is 26.2. The van der Waals surface area contributed by atoms with Crippen molar-refractivity contribution in [3.05, 3.63) is 36.0 Å². The maximum Gasteiger partial charge on any atom is 0.323 e. The van der Waals surface area contributed by atoms with Crippen LogP contribution in [-0.4, -0.2) is 29.7 Å². The number of nitrogens with zero attached hydrogens (tertiary/aromatic N) is 1. The number of aromatic nitrogens is 1. The maximum absolute atomic E-state index is 12.0. The third-order valence-corrected chi connectivity index (χ3v) is 4.67. The lowest BCUT2D eigenvalue weighted by Gasteiger charge is -2.13. The Morgan fingerprint density at radius 1 is 1.35 bits per heavy atom. The van der Waals surface area contributed by atoms with Gasteiger partial charge in [0.15, 0.2) is 5.25 Å². The van der Waals surface area contributed by atoms with Crippen molar-refractivity contribution < 1.29 is 18.3 Å². The molecule has 2 rings (SSSR count). The normalized spacial score (nSPS) is 13.1. The average Bonchev–Trinajstić information content (AvgIpc) is 2.41. The largest absolute Gasteiger partial charge is 0.480 e. The topological polar surface area (TPSA) is 96.4 Å². The molecule has 0 saturated carbocycles. The van der Waals surface area contributed by atoms with Gasteiger partial charge in [0.05, 0.1) is 11.2 Å². The monoisotopic (exact) mass is 294 g/mol. The van der Waals surface area contributed by atoms with E-state index in [4.69, 9.17) is 5.11 Å². The predicted molar refractivity (Wildman–Crippen MR) is 76.1 cm³/mol. The quantitative estimate of drug-likeness (QED) is 0.895. The minimum atomic E-state index is -3.99.